The summed E-state index contributed by atoms with van der Waals surface area (Å²) in [6, 6.07) is -0.753. The first-order chi connectivity index (χ1) is 6.50. The molecule has 0 aliphatic carbocycles. The van der Waals surface area contributed by atoms with Crippen LogP contribution in [0, 0.1) is 0 Å². The lowest BCUT2D eigenvalue weighted by Gasteiger charge is -2.21. The van der Waals surface area contributed by atoms with Crippen LogP contribution in [0.4, 0.5) is 0 Å². The fraction of sp³-hybridized carbons (Fsp3) is 0.778. The van der Waals surface area contributed by atoms with Gasteiger partial charge in [0.15, 0.2) is 0 Å². The zero-order valence-corrected chi connectivity index (χ0v) is 8.91. The molecule has 0 spiro atoms. The molecule has 5 heteroatoms. The first-order valence-electron chi connectivity index (χ1n) is 4.63. The van der Waals surface area contributed by atoms with Crippen LogP contribution in [0.15, 0.2) is 0 Å². The average molecular weight is 202 g/mol. The summed E-state index contributed by atoms with van der Waals surface area (Å²) in [5, 5.41) is 11.6. The topological polar surface area (TPSA) is 69.6 Å². The summed E-state index contributed by atoms with van der Waals surface area (Å²) < 4.78 is 0. The van der Waals surface area contributed by atoms with Crippen molar-refractivity contribution in [2.45, 2.75) is 25.8 Å². The third kappa shape index (κ3) is 4.23. The van der Waals surface area contributed by atoms with E-state index in [0.717, 1.165) is 13.0 Å². The predicted molar refractivity (Wildman–Crippen MR) is 53.0 cm³/mol. The highest BCUT2D eigenvalue weighted by Crippen LogP contribution is 2.00. The van der Waals surface area contributed by atoms with E-state index in [1.807, 2.05) is 7.05 Å². The van der Waals surface area contributed by atoms with Crippen molar-refractivity contribution >= 4 is 11.9 Å². The van der Waals surface area contributed by atoms with Crippen LogP contribution in [0.3, 0.4) is 0 Å². The van der Waals surface area contributed by atoms with Crippen LogP contribution in [0.5, 0.6) is 0 Å². The quantitative estimate of drug-likeness (QED) is 0.591. The number of carbonyl (C=O) groups is 2. The van der Waals surface area contributed by atoms with Crippen LogP contribution < -0.4 is 5.32 Å². The zero-order valence-electron chi connectivity index (χ0n) is 8.91. The van der Waals surface area contributed by atoms with E-state index in [9.17, 15) is 9.59 Å². The summed E-state index contributed by atoms with van der Waals surface area (Å²) in [6.07, 6.45) is 1.11. The van der Waals surface area contributed by atoms with Crippen LogP contribution in [0.25, 0.3) is 0 Å². The van der Waals surface area contributed by atoms with Gasteiger partial charge in [0.1, 0.15) is 6.04 Å². The summed E-state index contributed by atoms with van der Waals surface area (Å²) in [4.78, 5) is 23.2. The smallest absolute Gasteiger partial charge is 0.326 e. The molecule has 1 amide bonds. The highest BCUT2D eigenvalue weighted by atomic mass is 16.4. The Kier molecular flexibility index (Phi) is 5.87. The molecule has 0 aromatic heterocycles. The van der Waals surface area contributed by atoms with Gasteiger partial charge in [-0.05, 0) is 26.9 Å². The number of carbonyl (C=O) groups excluding carboxylic acids is 1. The van der Waals surface area contributed by atoms with E-state index in [0.29, 0.717) is 6.42 Å². The van der Waals surface area contributed by atoms with Crippen molar-refractivity contribution in [3.8, 4) is 0 Å². The second-order valence-corrected chi connectivity index (χ2v) is 3.23. The van der Waals surface area contributed by atoms with E-state index in [1.165, 1.54) is 18.9 Å². The van der Waals surface area contributed by atoms with Gasteiger partial charge in [-0.3, -0.25) is 4.79 Å². The van der Waals surface area contributed by atoms with Gasteiger partial charge >= 0.3 is 5.97 Å². The van der Waals surface area contributed by atoms with Crippen molar-refractivity contribution in [2.24, 2.45) is 0 Å². The lowest BCUT2D eigenvalue weighted by molar-refractivity contribution is -0.148. The minimum atomic E-state index is -0.977. The number of carboxylic acids is 1. The Morgan fingerprint density at radius 3 is 2.50 bits per heavy atom. The largest absolute Gasteiger partial charge is 0.480 e. The van der Waals surface area contributed by atoms with Gasteiger partial charge in [-0.15, -0.1) is 0 Å². The molecule has 0 radical (unpaired) electrons. The third-order valence-electron chi connectivity index (χ3n) is 2.15. The maximum absolute atomic E-state index is 11.4. The zero-order chi connectivity index (χ0) is 11.1. The molecule has 5 nitrogen and oxygen atoms in total. The van der Waals surface area contributed by atoms with Gasteiger partial charge in [0.05, 0.1) is 0 Å². The average Bonchev–Trinajstić information content (AvgIpc) is 2.15. The van der Waals surface area contributed by atoms with E-state index in [-0.39, 0.29) is 5.91 Å². The maximum Gasteiger partial charge on any atom is 0.326 e. The molecule has 2 N–H and O–H groups in total. The molecular formula is C9H18N2O3. The number of nitrogens with one attached hydrogen (secondary N) is 1. The fourth-order valence-corrected chi connectivity index (χ4v) is 0.974. The van der Waals surface area contributed by atoms with E-state index >= 15 is 0 Å². The third-order valence-corrected chi connectivity index (χ3v) is 2.15. The van der Waals surface area contributed by atoms with Crippen molar-refractivity contribution in [2.75, 3.05) is 20.6 Å². The molecular weight excluding hydrogens is 184 g/mol. The molecule has 1 atom stereocenters. The first kappa shape index (κ1) is 12.9. The van der Waals surface area contributed by atoms with Crippen LogP contribution in [0.1, 0.15) is 19.8 Å². The molecule has 0 aromatic carbocycles. The number of nitrogens with zero attached hydrogens (tertiary/aromatic N) is 1. The number of likely N-dealkylation sites (N-methyl/N-ethyl adjacent to an activating group) is 1. The Morgan fingerprint density at radius 1 is 1.50 bits per heavy atom. The van der Waals surface area contributed by atoms with Gasteiger partial charge in [-0.25, -0.2) is 4.79 Å². The second kappa shape index (κ2) is 6.37. The van der Waals surface area contributed by atoms with Crippen LogP contribution in [-0.4, -0.2) is 48.6 Å². The number of amides is 1. The van der Waals surface area contributed by atoms with E-state index in [4.69, 9.17) is 5.11 Å². The summed E-state index contributed by atoms with van der Waals surface area (Å²) in [7, 11) is 3.33. The molecule has 0 heterocycles. The summed E-state index contributed by atoms with van der Waals surface area (Å²) in [6.45, 7) is 2.26. The molecule has 0 saturated heterocycles. The Labute approximate surface area is 84.1 Å². The lowest BCUT2D eigenvalue weighted by atomic mass is 10.2. The summed E-state index contributed by atoms with van der Waals surface area (Å²) in [5.41, 5.74) is 0. The summed E-state index contributed by atoms with van der Waals surface area (Å²) >= 11 is 0. The SMILES string of the molecule is CNCCCC(=O)N(C)[C@@H](C)C(=O)O. The lowest BCUT2D eigenvalue weighted by Crippen LogP contribution is -2.40. The van der Waals surface area contributed by atoms with Gasteiger partial charge in [0, 0.05) is 13.5 Å². The van der Waals surface area contributed by atoms with Crippen molar-refractivity contribution in [3.05, 3.63) is 0 Å². The van der Waals surface area contributed by atoms with Gasteiger partial charge in [-0.2, -0.15) is 0 Å². The van der Waals surface area contributed by atoms with Crippen molar-refractivity contribution in [1.82, 2.24) is 10.2 Å². The van der Waals surface area contributed by atoms with Crippen molar-refractivity contribution < 1.29 is 14.7 Å². The normalized spacial score (nSPS) is 12.2. The van der Waals surface area contributed by atoms with Gasteiger partial charge in [-0.1, -0.05) is 0 Å². The monoisotopic (exact) mass is 202 g/mol. The molecule has 0 aromatic rings. The molecule has 0 saturated carbocycles. The van der Waals surface area contributed by atoms with E-state index in [1.54, 1.807) is 0 Å². The fourth-order valence-electron chi connectivity index (χ4n) is 0.974. The predicted octanol–water partition coefficient (Wildman–Crippen LogP) is -0.0825. The van der Waals surface area contributed by atoms with Crippen LogP contribution >= 0.6 is 0 Å². The van der Waals surface area contributed by atoms with E-state index in [2.05, 4.69) is 5.32 Å². The molecule has 82 valence electrons. The molecule has 0 fully saturated rings. The Morgan fingerprint density at radius 2 is 2.07 bits per heavy atom. The minimum absolute atomic E-state index is 0.129. The number of carboxylic acid groups (broad SMARTS) is 1. The van der Waals surface area contributed by atoms with Crippen molar-refractivity contribution in [1.29, 1.82) is 0 Å². The maximum atomic E-state index is 11.4. The molecule has 0 aliphatic rings. The van der Waals surface area contributed by atoms with Crippen LogP contribution in [0.2, 0.25) is 0 Å². The first-order valence-corrected chi connectivity index (χ1v) is 4.63. The molecule has 0 unspecified atom stereocenters. The second-order valence-electron chi connectivity index (χ2n) is 3.23. The Balaban J connectivity index is 3.92. The molecule has 0 bridgehead atoms. The number of aliphatic carboxylic acids is 1. The van der Waals surface area contributed by atoms with E-state index < -0.39 is 12.0 Å². The van der Waals surface area contributed by atoms with Crippen molar-refractivity contribution in [3.63, 3.8) is 0 Å². The molecule has 0 rings (SSSR count). The molecule has 14 heavy (non-hydrogen) atoms. The highest BCUT2D eigenvalue weighted by molar-refractivity contribution is 5.83. The van der Waals surface area contributed by atoms with Gasteiger partial charge in [0.2, 0.25) is 5.91 Å². The van der Waals surface area contributed by atoms with Crippen LogP contribution in [-0.2, 0) is 9.59 Å². The van der Waals surface area contributed by atoms with Gasteiger partial charge < -0.3 is 15.3 Å². The highest BCUT2D eigenvalue weighted by Gasteiger charge is 2.20. The Hall–Kier alpha value is -1.10. The van der Waals surface area contributed by atoms with Gasteiger partial charge in [0.25, 0.3) is 0 Å². The number of hydrogen-bond donors (Lipinski definition) is 2. The molecule has 0 aliphatic heterocycles. The minimum Gasteiger partial charge on any atom is -0.480 e. The number of hydrogen-bond acceptors (Lipinski definition) is 3. The summed E-state index contributed by atoms with van der Waals surface area (Å²) in [5.74, 6) is -1.11. The Bertz CT molecular complexity index is 206. The number of rotatable bonds is 6. The standard InChI is InChI=1S/C9H18N2O3/c1-7(9(13)14)11(3)8(12)5-4-6-10-2/h7,10H,4-6H2,1-3H3,(H,13,14)/t7-/m0/s1.